The Labute approximate surface area is 550 Å². The van der Waals surface area contributed by atoms with Crippen LogP contribution in [0.2, 0.25) is 0 Å². The SMILES string of the molecule is CCCCCCCCC(CCCCCC)CN1C(=O)/C(=C2/C(=O)N(CC(CCCCCC)CCCCCCCC)c3cc(-c4sc(-c5sc(C)c6c5C(=O)N(CCCCCCCC)C6=O)c5c4C(=O)N(CCCCCCCC)C5=O)ccc32)c2ccc(C)cc21. The number of anilines is 2. The molecule has 2 aromatic carbocycles. The van der Waals surface area contributed by atoms with Crippen LogP contribution in [0.15, 0.2) is 36.4 Å². The fraction of sp³-hybridized carbons (Fsp3) is 0.641. The molecule has 0 fully saturated rings. The zero-order chi connectivity index (χ0) is 64.1. The highest BCUT2D eigenvalue weighted by molar-refractivity contribution is 7.25. The van der Waals surface area contributed by atoms with Crippen LogP contribution in [0.4, 0.5) is 11.4 Å². The van der Waals surface area contributed by atoms with E-state index in [0.717, 1.165) is 168 Å². The number of aryl methyl sites for hydroxylation is 2. The van der Waals surface area contributed by atoms with Gasteiger partial charge in [0.05, 0.1) is 54.5 Å². The molecule has 2 atom stereocenters. The van der Waals surface area contributed by atoms with Crippen LogP contribution in [0.3, 0.4) is 0 Å². The number of rotatable bonds is 44. The molecular formula is C78H112N4O6S2. The van der Waals surface area contributed by atoms with Crippen LogP contribution < -0.4 is 9.80 Å². The molecule has 4 aliphatic heterocycles. The van der Waals surface area contributed by atoms with Crippen molar-refractivity contribution in [2.24, 2.45) is 11.8 Å². The fourth-order valence-electron chi connectivity index (χ4n) is 14.7. The Morgan fingerprint density at radius 1 is 0.333 bits per heavy atom. The van der Waals surface area contributed by atoms with Crippen LogP contribution in [0.5, 0.6) is 0 Å². The van der Waals surface area contributed by atoms with Gasteiger partial charge < -0.3 is 9.80 Å². The van der Waals surface area contributed by atoms with Crippen molar-refractivity contribution in [2.75, 3.05) is 36.0 Å². The predicted molar refractivity (Wildman–Crippen MR) is 378 cm³/mol. The molecule has 90 heavy (non-hydrogen) atoms. The van der Waals surface area contributed by atoms with E-state index >= 15 is 19.2 Å². The van der Waals surface area contributed by atoms with E-state index in [0.29, 0.717) is 92.1 Å². The number of carbonyl (C=O) groups is 6. The average molecular weight is 1270 g/mol. The molecule has 10 nitrogen and oxygen atoms in total. The molecule has 0 aliphatic carbocycles. The minimum atomic E-state index is -0.361. The van der Waals surface area contributed by atoms with Gasteiger partial charge in [-0.15, -0.1) is 22.7 Å². The topological polar surface area (TPSA) is 115 Å². The zero-order valence-corrected chi connectivity index (χ0v) is 58.6. The first-order chi connectivity index (χ1) is 43.8. The van der Waals surface area contributed by atoms with Crippen LogP contribution in [-0.4, -0.2) is 71.4 Å². The number of thiophene rings is 2. The number of fused-ring (bicyclic) bond motifs is 4. The summed E-state index contributed by atoms with van der Waals surface area (Å²) in [4.78, 5) is 100. The lowest BCUT2D eigenvalue weighted by Gasteiger charge is -2.25. The van der Waals surface area contributed by atoms with Crippen LogP contribution in [0.25, 0.3) is 31.3 Å². The number of nitrogens with zero attached hydrogens (tertiary/aromatic N) is 4. The van der Waals surface area contributed by atoms with E-state index in [-0.39, 0.29) is 41.4 Å². The normalized spacial score (nSPS) is 16.0. The summed E-state index contributed by atoms with van der Waals surface area (Å²) < 4.78 is 0. The lowest BCUT2D eigenvalue weighted by molar-refractivity contribution is -0.114. The van der Waals surface area contributed by atoms with Crippen molar-refractivity contribution in [3.8, 4) is 20.2 Å². The van der Waals surface area contributed by atoms with E-state index in [1.165, 1.54) is 122 Å². The van der Waals surface area contributed by atoms with Gasteiger partial charge in [-0.05, 0) is 87.5 Å². The number of carbonyl (C=O) groups excluding carboxylic acids is 6. The summed E-state index contributed by atoms with van der Waals surface area (Å²) in [5, 5.41) is 0. The zero-order valence-electron chi connectivity index (χ0n) is 57.0. The number of hydrogen-bond acceptors (Lipinski definition) is 8. The van der Waals surface area contributed by atoms with Gasteiger partial charge in [-0.1, -0.05) is 258 Å². The highest BCUT2D eigenvalue weighted by Crippen LogP contribution is 2.54. The Kier molecular flexibility index (Phi) is 28.1. The van der Waals surface area contributed by atoms with Gasteiger partial charge in [0.15, 0.2) is 0 Å². The van der Waals surface area contributed by atoms with Crippen LogP contribution >= 0.6 is 22.7 Å². The number of imide groups is 2. The second-order valence-corrected chi connectivity index (χ2v) is 29.4. The first kappa shape index (κ1) is 70.7. The Balaban J connectivity index is 1.24. The minimum absolute atomic E-state index is 0.104. The van der Waals surface area contributed by atoms with E-state index in [9.17, 15) is 9.59 Å². The largest absolute Gasteiger partial charge is 0.307 e. The number of benzene rings is 2. The van der Waals surface area contributed by atoms with Crippen molar-refractivity contribution in [2.45, 2.75) is 287 Å². The third kappa shape index (κ3) is 16.9. The predicted octanol–water partition coefficient (Wildman–Crippen LogP) is 22.0. The molecule has 0 saturated heterocycles. The molecule has 4 aromatic rings. The monoisotopic (exact) mass is 1260 g/mol. The number of amides is 6. The molecule has 0 saturated carbocycles. The van der Waals surface area contributed by atoms with Crippen LogP contribution in [0.1, 0.15) is 336 Å². The molecule has 12 heteroatoms. The molecule has 2 aromatic heterocycles. The maximum absolute atomic E-state index is 16.1. The molecule has 6 heterocycles. The van der Waals surface area contributed by atoms with Crippen molar-refractivity contribution in [1.29, 1.82) is 0 Å². The lowest BCUT2D eigenvalue weighted by atomic mass is 9.93. The maximum atomic E-state index is 16.1. The van der Waals surface area contributed by atoms with Crippen molar-refractivity contribution < 1.29 is 28.8 Å². The van der Waals surface area contributed by atoms with Crippen molar-refractivity contribution in [1.82, 2.24) is 9.80 Å². The molecule has 0 N–H and O–H groups in total. The first-order valence-electron chi connectivity index (χ1n) is 36.5. The van der Waals surface area contributed by atoms with Crippen molar-refractivity contribution >= 4 is 80.6 Å². The fourth-order valence-corrected chi connectivity index (χ4v) is 17.2. The summed E-state index contributed by atoms with van der Waals surface area (Å²) in [5.41, 5.74) is 7.22. The third-order valence-corrected chi connectivity index (χ3v) is 22.5. The molecule has 492 valence electrons. The quantitative estimate of drug-likeness (QED) is 0.0247. The highest BCUT2D eigenvalue weighted by atomic mass is 32.1. The van der Waals surface area contributed by atoms with Gasteiger partial charge >= 0.3 is 0 Å². The first-order valence-corrected chi connectivity index (χ1v) is 38.1. The van der Waals surface area contributed by atoms with Gasteiger partial charge in [-0.25, -0.2) is 0 Å². The molecule has 0 bridgehead atoms. The van der Waals surface area contributed by atoms with E-state index in [1.807, 2.05) is 28.9 Å². The van der Waals surface area contributed by atoms with E-state index in [1.54, 1.807) is 0 Å². The smallest absolute Gasteiger partial charge is 0.263 e. The Morgan fingerprint density at radius 2 is 0.667 bits per heavy atom. The molecule has 6 amide bonds. The average Bonchev–Trinajstić information content (AvgIpc) is 1.56. The lowest BCUT2D eigenvalue weighted by Crippen LogP contribution is -2.34. The molecular weight excluding hydrogens is 1150 g/mol. The van der Waals surface area contributed by atoms with Gasteiger partial charge in [-0.3, -0.25) is 38.6 Å². The molecule has 0 radical (unpaired) electrons. The minimum Gasteiger partial charge on any atom is -0.307 e. The van der Waals surface area contributed by atoms with Gasteiger partial charge in [0, 0.05) is 47.1 Å². The summed E-state index contributed by atoms with van der Waals surface area (Å²) in [6.07, 6.45) is 40.1. The van der Waals surface area contributed by atoms with E-state index in [2.05, 4.69) is 72.7 Å². The van der Waals surface area contributed by atoms with Gasteiger partial charge in [-0.2, -0.15) is 0 Å². The summed E-state index contributed by atoms with van der Waals surface area (Å²) >= 11 is 2.72. The summed E-state index contributed by atoms with van der Waals surface area (Å²) in [7, 11) is 0. The molecule has 4 aliphatic rings. The second kappa shape index (κ2) is 35.7. The Morgan fingerprint density at radius 3 is 1.10 bits per heavy atom. The van der Waals surface area contributed by atoms with Gasteiger partial charge in [0.25, 0.3) is 35.4 Å². The number of unbranched alkanes of at least 4 members (excludes halogenated alkanes) is 26. The van der Waals surface area contributed by atoms with E-state index < -0.39 is 0 Å². The van der Waals surface area contributed by atoms with Crippen LogP contribution in [0, 0.1) is 25.7 Å². The third-order valence-electron chi connectivity index (χ3n) is 20.0. The van der Waals surface area contributed by atoms with Crippen LogP contribution in [-0.2, 0) is 9.59 Å². The van der Waals surface area contributed by atoms with Crippen molar-refractivity contribution in [3.05, 3.63) is 80.2 Å². The standard InChI is InChI=1S/C78H112N4O6S2/c1-9-15-21-27-31-37-43-57(41-35-25-19-13-5)53-81-62-51-55(7)45-47-60(62)65(74(81)84)66-61-48-46-59(52-63(61)82(75(66)85)54-58(42-36-26-20-14-6)44-38-32-28-22-16-10-2)70-68-69(78(88)80(77(68)87)50-40-34-30-24-18-12-4)72(90-70)71-67-64(56(8)89-71)73(83)79(76(67)86)49-39-33-29-23-17-11-3/h45-48,51-52,57-58H,9-44,49-50,53-54H2,1-8H3/b66-65+. The molecule has 8 rings (SSSR count). The number of hydrogen-bond donors (Lipinski definition) is 0. The molecule has 0 spiro atoms. The highest BCUT2D eigenvalue weighted by Gasteiger charge is 2.48. The Bertz CT molecular complexity index is 3110. The summed E-state index contributed by atoms with van der Waals surface area (Å²) in [6.45, 7) is 19.1. The van der Waals surface area contributed by atoms with Gasteiger partial charge in [0.2, 0.25) is 0 Å². The van der Waals surface area contributed by atoms with Gasteiger partial charge in [0.1, 0.15) is 0 Å². The van der Waals surface area contributed by atoms with Crippen molar-refractivity contribution in [3.63, 3.8) is 0 Å². The Hall–Kier alpha value is -5.20. The summed E-state index contributed by atoms with van der Waals surface area (Å²) in [5.74, 6) is -1.01. The maximum Gasteiger partial charge on any atom is 0.263 e. The molecule has 2 unspecified atom stereocenters. The second-order valence-electron chi connectivity index (χ2n) is 27.2. The van der Waals surface area contributed by atoms with E-state index in [4.69, 9.17) is 0 Å². The summed E-state index contributed by atoms with van der Waals surface area (Å²) in [6, 6.07) is 12.3.